The normalized spacial score (nSPS) is 45.6. The number of hydrogen-bond donors (Lipinski definition) is 1. The minimum Gasteiger partial charge on any atom is -0.390 e. The summed E-state index contributed by atoms with van der Waals surface area (Å²) < 4.78 is 0. The minimum absolute atomic E-state index is 0.252. The van der Waals surface area contributed by atoms with E-state index in [0.29, 0.717) is 5.92 Å². The predicted octanol–water partition coefficient (Wildman–Crippen LogP) is 4.25. The molecule has 0 aliphatic heterocycles. The summed E-state index contributed by atoms with van der Waals surface area (Å²) in [5, 5.41) is 10.6. The lowest BCUT2D eigenvalue weighted by molar-refractivity contribution is -0.0528. The highest BCUT2D eigenvalue weighted by molar-refractivity contribution is 4.91. The van der Waals surface area contributed by atoms with E-state index < -0.39 is 5.60 Å². The van der Waals surface area contributed by atoms with Crippen molar-refractivity contribution in [3.63, 3.8) is 0 Å². The molecule has 0 spiro atoms. The summed E-state index contributed by atoms with van der Waals surface area (Å²) in [6.07, 6.45) is 4.64. The van der Waals surface area contributed by atoms with Crippen LogP contribution in [0, 0.1) is 23.2 Å². The Kier molecular flexibility index (Phi) is 4.10. The highest BCUT2D eigenvalue weighted by Gasteiger charge is 2.40. The molecule has 4 atom stereocenters. The fourth-order valence-corrected chi connectivity index (χ4v) is 2.96. The number of rotatable bonds is 0. The molecule has 1 nitrogen and oxygen atoms in total. The number of aliphatic hydroxyl groups is 1. The molecule has 1 saturated carbocycles. The lowest BCUT2D eigenvalue weighted by atomic mass is 9.68. The second-order valence-corrected chi connectivity index (χ2v) is 7.10. The molecule has 0 unspecified atom stereocenters. The van der Waals surface area contributed by atoms with Crippen molar-refractivity contribution < 1.29 is 5.11 Å². The van der Waals surface area contributed by atoms with Crippen LogP contribution in [0.4, 0.5) is 0 Å². The molecule has 0 bridgehead atoms. The van der Waals surface area contributed by atoms with E-state index in [2.05, 4.69) is 34.6 Å². The van der Waals surface area contributed by atoms with Gasteiger partial charge in [0.05, 0.1) is 5.60 Å². The molecule has 16 heavy (non-hydrogen) atoms. The largest absolute Gasteiger partial charge is 0.390 e. The van der Waals surface area contributed by atoms with Gasteiger partial charge < -0.3 is 5.11 Å². The van der Waals surface area contributed by atoms with Crippen molar-refractivity contribution in [2.24, 2.45) is 23.2 Å². The van der Waals surface area contributed by atoms with Crippen molar-refractivity contribution >= 4 is 0 Å². The summed E-state index contributed by atoms with van der Waals surface area (Å²) in [6.45, 7) is 13.6. The molecular weight excluding hydrogens is 196 g/mol. The average Bonchev–Trinajstić information content (AvgIpc) is 2.22. The minimum atomic E-state index is -0.498. The third kappa shape index (κ3) is 3.00. The lowest BCUT2D eigenvalue weighted by Crippen LogP contribution is -2.41. The first-order valence-electron chi connectivity index (χ1n) is 6.89. The van der Waals surface area contributed by atoms with Crippen molar-refractivity contribution in [1.29, 1.82) is 0 Å². The van der Waals surface area contributed by atoms with Crippen LogP contribution in [0.5, 0.6) is 0 Å². The predicted molar refractivity (Wildman–Crippen MR) is 70.4 cm³/mol. The smallest absolute Gasteiger partial charge is 0.0650 e. The van der Waals surface area contributed by atoms with Crippen molar-refractivity contribution in [2.75, 3.05) is 0 Å². The van der Waals surface area contributed by atoms with E-state index in [-0.39, 0.29) is 5.41 Å². The molecular formula is C15H30O. The monoisotopic (exact) mass is 226 g/mol. The quantitative estimate of drug-likeness (QED) is 0.655. The molecule has 0 saturated heterocycles. The maximum Gasteiger partial charge on any atom is 0.0650 e. The van der Waals surface area contributed by atoms with Crippen LogP contribution < -0.4 is 0 Å². The van der Waals surface area contributed by atoms with E-state index in [1.54, 1.807) is 0 Å². The maximum absolute atomic E-state index is 10.6. The van der Waals surface area contributed by atoms with Gasteiger partial charge in [0.25, 0.3) is 0 Å². The Bertz CT molecular complexity index is 206. The number of hydrogen-bond acceptors (Lipinski definition) is 1. The summed E-state index contributed by atoms with van der Waals surface area (Å²) in [6, 6.07) is 0. The van der Waals surface area contributed by atoms with Gasteiger partial charge in [0, 0.05) is 0 Å². The zero-order valence-electron chi connectivity index (χ0n) is 12.0. The van der Waals surface area contributed by atoms with E-state index in [1.165, 1.54) is 12.8 Å². The van der Waals surface area contributed by atoms with Crippen LogP contribution >= 0.6 is 0 Å². The first kappa shape index (κ1) is 14.0. The highest BCUT2D eigenvalue weighted by Crippen LogP contribution is 2.44. The standard InChI is InChI=1S/C15H30O/c1-11-7-9-14(4,5)13(3)15(6,16)10-8-12(11)2/h11-13,16H,7-10H2,1-6H3/t11-,12+,13-,15+/m1/s1. The lowest BCUT2D eigenvalue weighted by Gasteiger charge is -2.41. The van der Waals surface area contributed by atoms with Crippen LogP contribution in [-0.2, 0) is 0 Å². The molecule has 1 aliphatic carbocycles. The van der Waals surface area contributed by atoms with Crippen LogP contribution in [0.3, 0.4) is 0 Å². The van der Waals surface area contributed by atoms with E-state index in [9.17, 15) is 5.11 Å². The summed E-state index contributed by atoms with van der Waals surface area (Å²) in [4.78, 5) is 0. The summed E-state index contributed by atoms with van der Waals surface area (Å²) in [5.74, 6) is 1.91. The van der Waals surface area contributed by atoms with E-state index in [1.807, 2.05) is 6.92 Å². The Balaban J connectivity index is 2.88. The van der Waals surface area contributed by atoms with Crippen molar-refractivity contribution in [1.82, 2.24) is 0 Å². The van der Waals surface area contributed by atoms with Gasteiger partial charge in [-0.05, 0) is 55.8 Å². The van der Waals surface area contributed by atoms with Gasteiger partial charge in [0.2, 0.25) is 0 Å². The second-order valence-electron chi connectivity index (χ2n) is 7.10. The van der Waals surface area contributed by atoms with Gasteiger partial charge in [0.15, 0.2) is 0 Å². The van der Waals surface area contributed by atoms with Gasteiger partial charge in [-0.1, -0.05) is 34.6 Å². The Morgan fingerprint density at radius 3 is 1.81 bits per heavy atom. The van der Waals surface area contributed by atoms with Gasteiger partial charge in [-0.2, -0.15) is 0 Å². The average molecular weight is 226 g/mol. The Morgan fingerprint density at radius 1 is 0.875 bits per heavy atom. The third-order valence-corrected chi connectivity index (χ3v) is 5.43. The summed E-state index contributed by atoms with van der Waals surface area (Å²) in [5.41, 5.74) is -0.246. The molecule has 0 amide bonds. The Morgan fingerprint density at radius 2 is 1.31 bits per heavy atom. The van der Waals surface area contributed by atoms with Crippen molar-refractivity contribution in [2.45, 2.75) is 72.8 Å². The molecule has 0 aromatic heterocycles. The van der Waals surface area contributed by atoms with Crippen LogP contribution in [0.15, 0.2) is 0 Å². The summed E-state index contributed by atoms with van der Waals surface area (Å²) in [7, 11) is 0. The van der Waals surface area contributed by atoms with Crippen molar-refractivity contribution in [3.05, 3.63) is 0 Å². The first-order valence-corrected chi connectivity index (χ1v) is 6.89. The van der Waals surface area contributed by atoms with E-state index >= 15 is 0 Å². The van der Waals surface area contributed by atoms with E-state index in [4.69, 9.17) is 0 Å². The molecule has 1 fully saturated rings. The topological polar surface area (TPSA) is 20.2 Å². The van der Waals surface area contributed by atoms with Crippen LogP contribution in [0.1, 0.15) is 67.2 Å². The van der Waals surface area contributed by atoms with Gasteiger partial charge in [0.1, 0.15) is 0 Å². The van der Waals surface area contributed by atoms with Gasteiger partial charge in [-0.3, -0.25) is 0 Å². The first-order chi connectivity index (χ1) is 7.17. The zero-order valence-corrected chi connectivity index (χ0v) is 12.0. The van der Waals surface area contributed by atoms with Crippen molar-refractivity contribution in [3.8, 4) is 0 Å². The van der Waals surface area contributed by atoms with Crippen LogP contribution in [-0.4, -0.2) is 10.7 Å². The molecule has 1 N–H and O–H groups in total. The summed E-state index contributed by atoms with van der Waals surface area (Å²) >= 11 is 0. The second kappa shape index (κ2) is 4.68. The molecule has 1 rings (SSSR count). The van der Waals surface area contributed by atoms with Gasteiger partial charge in [-0.15, -0.1) is 0 Å². The fraction of sp³-hybridized carbons (Fsp3) is 1.00. The molecule has 1 aliphatic rings. The highest BCUT2D eigenvalue weighted by atomic mass is 16.3. The SMILES string of the molecule is C[C@@H]1CCC(C)(C)[C@@H](C)[C@@](C)(O)CC[C@@H]1C. The van der Waals surface area contributed by atoms with E-state index in [0.717, 1.165) is 24.7 Å². The third-order valence-electron chi connectivity index (χ3n) is 5.43. The Hall–Kier alpha value is -0.0400. The molecule has 0 aromatic carbocycles. The fourth-order valence-electron chi connectivity index (χ4n) is 2.96. The molecule has 0 radical (unpaired) electrons. The Labute approximate surface area is 102 Å². The molecule has 1 heteroatoms. The van der Waals surface area contributed by atoms with Crippen LogP contribution in [0.25, 0.3) is 0 Å². The van der Waals surface area contributed by atoms with Crippen LogP contribution in [0.2, 0.25) is 0 Å². The zero-order chi connectivity index (χ0) is 12.6. The maximum atomic E-state index is 10.6. The van der Waals surface area contributed by atoms with Gasteiger partial charge in [-0.25, -0.2) is 0 Å². The molecule has 0 heterocycles. The molecule has 96 valence electrons. The molecule has 0 aromatic rings. The van der Waals surface area contributed by atoms with Gasteiger partial charge >= 0.3 is 0 Å².